The second-order valence-electron chi connectivity index (χ2n) is 3.98. The van der Waals surface area contributed by atoms with Crippen molar-refractivity contribution >= 4 is 5.91 Å². The molecule has 0 saturated carbocycles. The number of rotatable bonds is 0. The third-order valence-electron chi connectivity index (χ3n) is 2.86. The smallest absolute Gasteiger partial charge is 0.224 e. The Hall–Kier alpha value is -0.790. The van der Waals surface area contributed by atoms with Gasteiger partial charge in [-0.3, -0.25) is 4.79 Å². The molecule has 0 unspecified atom stereocenters. The van der Waals surface area contributed by atoms with Crippen LogP contribution in [0.5, 0.6) is 0 Å². The van der Waals surface area contributed by atoms with Gasteiger partial charge in [-0.05, 0) is 31.6 Å². The van der Waals surface area contributed by atoms with E-state index in [2.05, 4.69) is 12.2 Å². The summed E-state index contributed by atoms with van der Waals surface area (Å²) in [5, 5.41) is 2.99. The summed E-state index contributed by atoms with van der Waals surface area (Å²) in [7, 11) is 0. The van der Waals surface area contributed by atoms with Gasteiger partial charge in [0.05, 0.1) is 0 Å². The van der Waals surface area contributed by atoms with Crippen LogP contribution in [0.4, 0.5) is 0 Å². The molecular formula is C10H15NO. The van der Waals surface area contributed by atoms with Crippen molar-refractivity contribution in [1.82, 2.24) is 5.32 Å². The minimum atomic E-state index is 0.211. The van der Waals surface area contributed by atoms with Crippen LogP contribution < -0.4 is 5.32 Å². The molecule has 2 heteroatoms. The van der Waals surface area contributed by atoms with Gasteiger partial charge in [0, 0.05) is 12.1 Å². The van der Waals surface area contributed by atoms with E-state index in [4.69, 9.17) is 0 Å². The number of hydrogen-bond donors (Lipinski definition) is 1. The molecule has 2 aliphatic rings. The number of carbonyl (C=O) groups is 1. The Balaban J connectivity index is 2.17. The third kappa shape index (κ3) is 1.38. The Labute approximate surface area is 73.0 Å². The first-order chi connectivity index (χ1) is 5.75. The van der Waals surface area contributed by atoms with Gasteiger partial charge in [0.25, 0.3) is 0 Å². The first kappa shape index (κ1) is 7.84. The summed E-state index contributed by atoms with van der Waals surface area (Å²) in [6, 6.07) is 0. The van der Waals surface area contributed by atoms with Gasteiger partial charge in [0.15, 0.2) is 0 Å². The maximum Gasteiger partial charge on any atom is 0.224 e. The van der Waals surface area contributed by atoms with Gasteiger partial charge in [-0.25, -0.2) is 0 Å². The van der Waals surface area contributed by atoms with Crippen LogP contribution in [0.15, 0.2) is 11.3 Å². The van der Waals surface area contributed by atoms with E-state index in [1.807, 2.05) is 0 Å². The topological polar surface area (TPSA) is 29.1 Å². The van der Waals surface area contributed by atoms with E-state index in [9.17, 15) is 4.79 Å². The SMILES string of the molecule is C[C@@H]1CCC2=C(C1)NC(=O)CC2. The van der Waals surface area contributed by atoms with Gasteiger partial charge < -0.3 is 5.32 Å². The van der Waals surface area contributed by atoms with E-state index < -0.39 is 0 Å². The molecular weight excluding hydrogens is 150 g/mol. The fourth-order valence-corrected chi connectivity index (χ4v) is 2.08. The number of carbonyl (C=O) groups excluding carboxylic acids is 1. The number of hydrogen-bond acceptors (Lipinski definition) is 1. The first-order valence-electron chi connectivity index (χ1n) is 4.76. The quantitative estimate of drug-likeness (QED) is 0.584. The lowest BCUT2D eigenvalue weighted by atomic mass is 9.85. The van der Waals surface area contributed by atoms with Crippen LogP contribution in [0.1, 0.15) is 39.0 Å². The largest absolute Gasteiger partial charge is 0.330 e. The molecule has 12 heavy (non-hydrogen) atoms. The molecule has 0 aromatic carbocycles. The Morgan fingerprint density at radius 3 is 3.00 bits per heavy atom. The van der Waals surface area contributed by atoms with Crippen molar-refractivity contribution in [2.75, 3.05) is 0 Å². The molecule has 0 aromatic rings. The zero-order valence-corrected chi connectivity index (χ0v) is 7.52. The molecule has 1 N–H and O–H groups in total. The summed E-state index contributed by atoms with van der Waals surface area (Å²) in [6.07, 6.45) is 5.30. The van der Waals surface area contributed by atoms with Crippen molar-refractivity contribution in [1.29, 1.82) is 0 Å². The predicted molar refractivity (Wildman–Crippen MR) is 47.4 cm³/mol. The third-order valence-corrected chi connectivity index (χ3v) is 2.86. The van der Waals surface area contributed by atoms with Gasteiger partial charge in [-0.1, -0.05) is 12.5 Å². The second-order valence-corrected chi connectivity index (χ2v) is 3.98. The maximum absolute atomic E-state index is 11.1. The van der Waals surface area contributed by atoms with Crippen molar-refractivity contribution in [3.63, 3.8) is 0 Å². The molecule has 0 aromatic heterocycles. The average molecular weight is 165 g/mol. The summed E-state index contributed by atoms with van der Waals surface area (Å²) in [6.45, 7) is 2.25. The van der Waals surface area contributed by atoms with E-state index >= 15 is 0 Å². The van der Waals surface area contributed by atoms with Crippen LogP contribution in [0.2, 0.25) is 0 Å². The highest BCUT2D eigenvalue weighted by molar-refractivity contribution is 5.79. The minimum absolute atomic E-state index is 0.211. The highest BCUT2D eigenvalue weighted by Gasteiger charge is 2.23. The van der Waals surface area contributed by atoms with Crippen molar-refractivity contribution in [2.45, 2.75) is 39.0 Å². The summed E-state index contributed by atoms with van der Waals surface area (Å²) in [5.74, 6) is 0.963. The highest BCUT2D eigenvalue weighted by Crippen LogP contribution is 2.32. The molecule has 0 radical (unpaired) electrons. The van der Waals surface area contributed by atoms with Crippen molar-refractivity contribution in [3.05, 3.63) is 11.3 Å². The molecule has 0 fully saturated rings. The molecule has 2 nitrogen and oxygen atoms in total. The number of allylic oxidation sites excluding steroid dienone is 2. The number of amides is 1. The average Bonchev–Trinajstić information content (AvgIpc) is 2.03. The Morgan fingerprint density at radius 2 is 2.17 bits per heavy atom. The van der Waals surface area contributed by atoms with Gasteiger partial charge >= 0.3 is 0 Å². The van der Waals surface area contributed by atoms with E-state index in [0.717, 1.165) is 18.8 Å². The first-order valence-corrected chi connectivity index (χ1v) is 4.76. The zero-order valence-electron chi connectivity index (χ0n) is 7.52. The zero-order chi connectivity index (χ0) is 8.55. The molecule has 1 aliphatic heterocycles. The molecule has 0 spiro atoms. The predicted octanol–water partition coefficient (Wildman–Crippen LogP) is 1.97. The van der Waals surface area contributed by atoms with E-state index in [0.29, 0.717) is 6.42 Å². The summed E-state index contributed by atoms with van der Waals surface area (Å²) in [5.41, 5.74) is 2.75. The van der Waals surface area contributed by atoms with Crippen LogP contribution in [0.3, 0.4) is 0 Å². The second kappa shape index (κ2) is 2.92. The van der Waals surface area contributed by atoms with Crippen LogP contribution in [-0.2, 0) is 4.79 Å². The van der Waals surface area contributed by atoms with Gasteiger partial charge in [-0.2, -0.15) is 0 Å². The molecule has 1 amide bonds. The van der Waals surface area contributed by atoms with Gasteiger partial charge in [0.1, 0.15) is 0 Å². The Bertz CT molecular complexity index is 242. The Kier molecular flexibility index (Phi) is 1.91. The molecule has 2 rings (SSSR count). The summed E-state index contributed by atoms with van der Waals surface area (Å²) >= 11 is 0. The number of nitrogens with one attached hydrogen (secondary N) is 1. The molecule has 1 aliphatic carbocycles. The van der Waals surface area contributed by atoms with E-state index in [-0.39, 0.29) is 5.91 Å². The van der Waals surface area contributed by atoms with Crippen LogP contribution in [0.25, 0.3) is 0 Å². The monoisotopic (exact) mass is 165 g/mol. The standard InChI is InChI=1S/C10H15NO/c1-7-2-3-8-4-5-10(12)11-9(8)6-7/h7H,2-6H2,1H3,(H,11,12)/t7-/m1/s1. The van der Waals surface area contributed by atoms with Gasteiger partial charge in [-0.15, -0.1) is 0 Å². The van der Waals surface area contributed by atoms with Crippen LogP contribution in [-0.4, -0.2) is 5.91 Å². The fraction of sp³-hybridized carbons (Fsp3) is 0.700. The lowest BCUT2D eigenvalue weighted by Gasteiger charge is -2.28. The van der Waals surface area contributed by atoms with E-state index in [1.54, 1.807) is 0 Å². The summed E-state index contributed by atoms with van der Waals surface area (Å²) < 4.78 is 0. The molecule has 0 bridgehead atoms. The molecule has 1 heterocycles. The van der Waals surface area contributed by atoms with Gasteiger partial charge in [0.2, 0.25) is 5.91 Å². The van der Waals surface area contributed by atoms with Crippen LogP contribution >= 0.6 is 0 Å². The maximum atomic E-state index is 11.1. The van der Waals surface area contributed by atoms with Crippen molar-refractivity contribution in [2.24, 2.45) is 5.92 Å². The lowest BCUT2D eigenvalue weighted by Crippen LogP contribution is -2.31. The molecule has 1 atom stereocenters. The minimum Gasteiger partial charge on any atom is -0.330 e. The fourth-order valence-electron chi connectivity index (χ4n) is 2.08. The highest BCUT2D eigenvalue weighted by atomic mass is 16.1. The summed E-state index contributed by atoms with van der Waals surface area (Å²) in [4.78, 5) is 11.1. The van der Waals surface area contributed by atoms with Crippen LogP contribution in [0, 0.1) is 5.92 Å². The normalized spacial score (nSPS) is 29.8. The van der Waals surface area contributed by atoms with Crippen molar-refractivity contribution < 1.29 is 4.79 Å². The Morgan fingerprint density at radius 1 is 1.33 bits per heavy atom. The lowest BCUT2D eigenvalue weighted by molar-refractivity contribution is -0.120. The molecule has 0 saturated heterocycles. The molecule has 66 valence electrons. The van der Waals surface area contributed by atoms with E-state index in [1.165, 1.54) is 24.1 Å². The van der Waals surface area contributed by atoms with Crippen molar-refractivity contribution in [3.8, 4) is 0 Å².